The lowest BCUT2D eigenvalue weighted by Crippen LogP contribution is -2.45. The van der Waals surface area contributed by atoms with Crippen molar-refractivity contribution in [3.8, 4) is 0 Å². The molecule has 0 saturated carbocycles. The number of hydrogen-bond donors (Lipinski definition) is 0. The van der Waals surface area contributed by atoms with Crippen molar-refractivity contribution in [3.05, 3.63) is 10.4 Å². The fourth-order valence-corrected chi connectivity index (χ4v) is 2.03. The van der Waals surface area contributed by atoms with E-state index in [2.05, 4.69) is 28.8 Å². The molecule has 4 nitrogen and oxygen atoms in total. The van der Waals surface area contributed by atoms with Crippen molar-refractivity contribution in [2.75, 3.05) is 13.1 Å². The molecule has 4 heteroatoms. The van der Waals surface area contributed by atoms with Gasteiger partial charge in [-0.25, -0.2) is 0 Å². The standard InChI is InChI=1S/C9H18N4/c1-8(2)13-6-4-3-5-9(13)7-11-12-10/h8-9H,3-7H2,1-2H3. The van der Waals surface area contributed by atoms with Gasteiger partial charge < -0.3 is 0 Å². The van der Waals surface area contributed by atoms with Gasteiger partial charge in [-0.05, 0) is 38.8 Å². The Morgan fingerprint density at radius 3 is 2.92 bits per heavy atom. The Kier molecular flexibility index (Phi) is 4.06. The predicted octanol–water partition coefficient (Wildman–Crippen LogP) is 2.56. The van der Waals surface area contributed by atoms with Crippen LogP contribution in [0.15, 0.2) is 5.11 Å². The summed E-state index contributed by atoms with van der Waals surface area (Å²) in [5, 5.41) is 3.67. The van der Waals surface area contributed by atoms with E-state index in [0.717, 1.165) is 6.54 Å². The van der Waals surface area contributed by atoms with Crippen LogP contribution >= 0.6 is 0 Å². The average molecular weight is 182 g/mol. The van der Waals surface area contributed by atoms with Gasteiger partial charge >= 0.3 is 0 Å². The molecule has 0 aromatic rings. The third-order valence-electron chi connectivity index (χ3n) is 2.69. The highest BCUT2D eigenvalue weighted by Gasteiger charge is 2.23. The Balaban J connectivity index is 2.50. The number of rotatable bonds is 3. The molecule has 0 aromatic heterocycles. The molecule has 1 fully saturated rings. The zero-order valence-electron chi connectivity index (χ0n) is 8.48. The zero-order valence-corrected chi connectivity index (χ0v) is 8.48. The number of nitrogens with zero attached hydrogens (tertiary/aromatic N) is 4. The van der Waals surface area contributed by atoms with E-state index in [1.54, 1.807) is 0 Å². The van der Waals surface area contributed by atoms with Crippen molar-refractivity contribution in [2.45, 2.75) is 45.2 Å². The maximum atomic E-state index is 8.26. The molecule has 13 heavy (non-hydrogen) atoms. The van der Waals surface area contributed by atoms with Crippen LogP contribution in [0.4, 0.5) is 0 Å². The van der Waals surface area contributed by atoms with Crippen molar-refractivity contribution < 1.29 is 0 Å². The Morgan fingerprint density at radius 2 is 2.31 bits per heavy atom. The maximum Gasteiger partial charge on any atom is 0.0414 e. The van der Waals surface area contributed by atoms with E-state index < -0.39 is 0 Å². The van der Waals surface area contributed by atoms with Crippen LogP contribution in [-0.2, 0) is 0 Å². The molecule has 1 aliphatic heterocycles. The number of piperidine rings is 1. The Labute approximate surface area is 79.5 Å². The largest absolute Gasteiger partial charge is 0.298 e. The molecule has 74 valence electrons. The van der Waals surface area contributed by atoms with E-state index in [9.17, 15) is 0 Å². The molecular weight excluding hydrogens is 164 g/mol. The highest BCUT2D eigenvalue weighted by molar-refractivity contribution is 4.80. The second-order valence-electron chi connectivity index (χ2n) is 3.89. The van der Waals surface area contributed by atoms with Gasteiger partial charge in [-0.15, -0.1) is 0 Å². The average Bonchev–Trinajstić information content (AvgIpc) is 2.15. The van der Waals surface area contributed by atoms with Crippen LogP contribution in [0.25, 0.3) is 10.4 Å². The normalized spacial score (nSPS) is 24.4. The molecule has 0 amide bonds. The molecular formula is C9H18N4. The summed E-state index contributed by atoms with van der Waals surface area (Å²) >= 11 is 0. The summed E-state index contributed by atoms with van der Waals surface area (Å²) in [6, 6.07) is 1.05. The van der Waals surface area contributed by atoms with Gasteiger partial charge in [0.25, 0.3) is 0 Å². The van der Waals surface area contributed by atoms with Gasteiger partial charge in [0, 0.05) is 23.5 Å². The smallest absolute Gasteiger partial charge is 0.0414 e. The van der Waals surface area contributed by atoms with Gasteiger partial charge in [0.1, 0.15) is 0 Å². The molecule has 0 spiro atoms. The molecule has 1 atom stereocenters. The summed E-state index contributed by atoms with van der Waals surface area (Å²) in [5.74, 6) is 0. The first kappa shape index (κ1) is 10.4. The highest BCUT2D eigenvalue weighted by Crippen LogP contribution is 2.19. The van der Waals surface area contributed by atoms with Crippen LogP contribution in [-0.4, -0.2) is 30.1 Å². The predicted molar refractivity (Wildman–Crippen MR) is 53.5 cm³/mol. The van der Waals surface area contributed by atoms with E-state index in [1.807, 2.05) is 0 Å². The fourth-order valence-electron chi connectivity index (χ4n) is 2.03. The quantitative estimate of drug-likeness (QED) is 0.376. The van der Waals surface area contributed by atoms with Crippen molar-refractivity contribution in [2.24, 2.45) is 5.11 Å². The van der Waals surface area contributed by atoms with Crippen LogP contribution in [0.3, 0.4) is 0 Å². The van der Waals surface area contributed by atoms with E-state index in [-0.39, 0.29) is 0 Å². The fraction of sp³-hybridized carbons (Fsp3) is 1.00. The minimum atomic E-state index is 0.477. The van der Waals surface area contributed by atoms with Gasteiger partial charge in [-0.2, -0.15) is 0 Å². The lowest BCUT2D eigenvalue weighted by molar-refractivity contribution is 0.117. The molecule has 1 heterocycles. The second-order valence-corrected chi connectivity index (χ2v) is 3.89. The van der Waals surface area contributed by atoms with Gasteiger partial charge in [-0.1, -0.05) is 11.5 Å². The van der Waals surface area contributed by atoms with Crippen molar-refractivity contribution in [1.29, 1.82) is 0 Å². The van der Waals surface area contributed by atoms with Gasteiger partial charge in [0.15, 0.2) is 0 Å². The lowest BCUT2D eigenvalue weighted by Gasteiger charge is -2.37. The molecule has 1 saturated heterocycles. The highest BCUT2D eigenvalue weighted by atomic mass is 15.2. The lowest BCUT2D eigenvalue weighted by atomic mass is 10.0. The van der Waals surface area contributed by atoms with E-state index >= 15 is 0 Å². The first-order valence-corrected chi connectivity index (χ1v) is 5.02. The van der Waals surface area contributed by atoms with Crippen molar-refractivity contribution >= 4 is 0 Å². The molecule has 1 aliphatic rings. The van der Waals surface area contributed by atoms with Crippen LogP contribution in [0.5, 0.6) is 0 Å². The minimum Gasteiger partial charge on any atom is -0.298 e. The minimum absolute atomic E-state index is 0.477. The molecule has 1 unspecified atom stereocenters. The molecule has 0 radical (unpaired) electrons. The Bertz CT molecular complexity index is 196. The van der Waals surface area contributed by atoms with Crippen LogP contribution in [0, 0.1) is 0 Å². The third-order valence-corrected chi connectivity index (χ3v) is 2.69. The number of likely N-dealkylation sites (tertiary alicyclic amines) is 1. The molecule has 0 N–H and O–H groups in total. The van der Waals surface area contributed by atoms with Crippen molar-refractivity contribution in [1.82, 2.24) is 4.90 Å². The zero-order chi connectivity index (χ0) is 9.68. The first-order valence-electron chi connectivity index (χ1n) is 5.02. The van der Waals surface area contributed by atoms with E-state index in [1.165, 1.54) is 19.3 Å². The Hall–Kier alpha value is -0.730. The van der Waals surface area contributed by atoms with E-state index in [0.29, 0.717) is 18.6 Å². The Morgan fingerprint density at radius 1 is 1.54 bits per heavy atom. The maximum absolute atomic E-state index is 8.26. The summed E-state index contributed by atoms with van der Waals surface area (Å²) in [7, 11) is 0. The summed E-state index contributed by atoms with van der Waals surface area (Å²) in [5.41, 5.74) is 8.26. The second kappa shape index (κ2) is 5.10. The van der Waals surface area contributed by atoms with Crippen LogP contribution in [0.1, 0.15) is 33.1 Å². The number of azide groups is 1. The topological polar surface area (TPSA) is 52.0 Å². The SMILES string of the molecule is CC(C)N1CCCCC1CN=[N+]=[N-]. The van der Waals surface area contributed by atoms with Gasteiger partial charge in [-0.3, -0.25) is 4.90 Å². The third kappa shape index (κ3) is 2.90. The van der Waals surface area contributed by atoms with Crippen molar-refractivity contribution in [3.63, 3.8) is 0 Å². The summed E-state index contributed by atoms with van der Waals surface area (Å²) in [6.07, 6.45) is 3.73. The number of hydrogen-bond acceptors (Lipinski definition) is 2. The summed E-state index contributed by atoms with van der Waals surface area (Å²) in [4.78, 5) is 5.26. The summed E-state index contributed by atoms with van der Waals surface area (Å²) < 4.78 is 0. The van der Waals surface area contributed by atoms with E-state index in [4.69, 9.17) is 5.53 Å². The van der Waals surface area contributed by atoms with Crippen LogP contribution in [0.2, 0.25) is 0 Å². The monoisotopic (exact) mass is 182 g/mol. The molecule has 0 aliphatic carbocycles. The molecule has 0 bridgehead atoms. The van der Waals surface area contributed by atoms with Gasteiger partial charge in [0.05, 0.1) is 0 Å². The summed E-state index contributed by atoms with van der Waals surface area (Å²) in [6.45, 7) is 6.20. The molecule has 0 aromatic carbocycles. The van der Waals surface area contributed by atoms with Crippen LogP contribution < -0.4 is 0 Å². The first-order chi connectivity index (χ1) is 6.25. The van der Waals surface area contributed by atoms with Gasteiger partial charge in [0.2, 0.25) is 0 Å². The molecule has 1 rings (SSSR count).